The lowest BCUT2D eigenvalue weighted by Gasteiger charge is -2.25. The van der Waals surface area contributed by atoms with Gasteiger partial charge in [0, 0.05) is 25.0 Å². The summed E-state index contributed by atoms with van der Waals surface area (Å²) in [7, 11) is 2.21. The molecule has 0 radical (unpaired) electrons. The first-order valence-electron chi connectivity index (χ1n) is 6.13. The molecule has 1 rings (SSSR count). The molecule has 3 heteroatoms. The van der Waals surface area contributed by atoms with Gasteiger partial charge in [-0.1, -0.05) is 20.8 Å². The molecule has 0 aromatic rings. The normalized spacial score (nSPS) is 26.8. The van der Waals surface area contributed by atoms with Crippen molar-refractivity contribution in [2.24, 2.45) is 11.8 Å². The van der Waals surface area contributed by atoms with Crippen molar-refractivity contribution in [2.75, 3.05) is 39.9 Å². The molecule has 1 aliphatic heterocycles. The van der Waals surface area contributed by atoms with Crippen molar-refractivity contribution in [3.05, 3.63) is 0 Å². The maximum absolute atomic E-state index is 5.54. The molecule has 0 aliphatic carbocycles. The molecule has 15 heavy (non-hydrogen) atoms. The lowest BCUT2D eigenvalue weighted by Crippen LogP contribution is -2.41. The molecule has 3 nitrogen and oxygen atoms in total. The molecule has 0 spiro atoms. The van der Waals surface area contributed by atoms with Crippen LogP contribution in [0.1, 0.15) is 20.8 Å². The average Bonchev–Trinajstić information content (AvgIpc) is 2.52. The molecular formula is C12H26N2O. The van der Waals surface area contributed by atoms with Gasteiger partial charge < -0.3 is 15.0 Å². The van der Waals surface area contributed by atoms with Crippen LogP contribution in [0.4, 0.5) is 0 Å². The molecule has 1 aliphatic rings. The summed E-state index contributed by atoms with van der Waals surface area (Å²) in [5.41, 5.74) is 0. The highest BCUT2D eigenvalue weighted by Crippen LogP contribution is 2.15. The number of rotatable bonds is 6. The molecule has 1 N–H and O–H groups in total. The van der Waals surface area contributed by atoms with Crippen molar-refractivity contribution in [1.29, 1.82) is 0 Å². The van der Waals surface area contributed by atoms with E-state index < -0.39 is 0 Å². The van der Waals surface area contributed by atoms with Gasteiger partial charge in [-0.25, -0.2) is 0 Å². The zero-order valence-corrected chi connectivity index (χ0v) is 10.6. The fourth-order valence-electron chi connectivity index (χ4n) is 2.36. The van der Waals surface area contributed by atoms with Gasteiger partial charge in [-0.2, -0.15) is 0 Å². The summed E-state index contributed by atoms with van der Waals surface area (Å²) in [6.07, 6.45) is 0. The quantitative estimate of drug-likeness (QED) is 0.719. The Morgan fingerprint density at radius 1 is 1.40 bits per heavy atom. The Balaban J connectivity index is 2.29. The third-order valence-corrected chi connectivity index (χ3v) is 2.89. The van der Waals surface area contributed by atoms with Gasteiger partial charge in [0.1, 0.15) is 0 Å². The Morgan fingerprint density at radius 2 is 2.13 bits per heavy atom. The monoisotopic (exact) mass is 214 g/mol. The predicted octanol–water partition coefficient (Wildman–Crippen LogP) is 1.20. The molecule has 1 heterocycles. The molecule has 0 aromatic carbocycles. The minimum atomic E-state index is 0.560. The predicted molar refractivity (Wildman–Crippen MR) is 64.1 cm³/mol. The average molecular weight is 214 g/mol. The first-order chi connectivity index (χ1) is 7.13. The van der Waals surface area contributed by atoms with E-state index in [1.165, 1.54) is 6.54 Å². The molecule has 0 amide bonds. The number of hydrogen-bond acceptors (Lipinski definition) is 3. The van der Waals surface area contributed by atoms with Crippen LogP contribution in [0.25, 0.3) is 0 Å². The highest BCUT2D eigenvalue weighted by molar-refractivity contribution is 4.82. The summed E-state index contributed by atoms with van der Waals surface area (Å²) >= 11 is 0. The molecule has 2 atom stereocenters. The summed E-state index contributed by atoms with van der Waals surface area (Å²) < 4.78 is 5.54. The Morgan fingerprint density at radius 3 is 2.73 bits per heavy atom. The Kier molecular flexibility index (Phi) is 5.58. The van der Waals surface area contributed by atoms with Crippen molar-refractivity contribution in [3.63, 3.8) is 0 Å². The number of hydrogen-bond donors (Lipinski definition) is 1. The first-order valence-corrected chi connectivity index (χ1v) is 6.13. The van der Waals surface area contributed by atoms with Crippen molar-refractivity contribution in [2.45, 2.75) is 26.8 Å². The van der Waals surface area contributed by atoms with E-state index in [1.54, 1.807) is 0 Å². The van der Waals surface area contributed by atoms with Gasteiger partial charge >= 0.3 is 0 Å². The lowest BCUT2D eigenvalue weighted by atomic mass is 10.0. The summed E-state index contributed by atoms with van der Waals surface area (Å²) in [6, 6.07) is 0.560. The Hall–Kier alpha value is -0.120. The molecule has 1 fully saturated rings. The van der Waals surface area contributed by atoms with Crippen molar-refractivity contribution in [3.8, 4) is 0 Å². The highest BCUT2D eigenvalue weighted by atomic mass is 16.5. The van der Waals surface area contributed by atoms with Crippen molar-refractivity contribution < 1.29 is 4.74 Å². The van der Waals surface area contributed by atoms with Crippen LogP contribution < -0.4 is 5.32 Å². The third kappa shape index (κ3) is 4.49. The summed E-state index contributed by atoms with van der Waals surface area (Å²) in [5.74, 6) is 1.41. The van der Waals surface area contributed by atoms with E-state index in [2.05, 4.69) is 38.0 Å². The van der Waals surface area contributed by atoms with Gasteiger partial charge in [0.15, 0.2) is 0 Å². The third-order valence-electron chi connectivity index (χ3n) is 2.89. The van der Waals surface area contributed by atoms with Crippen LogP contribution in [-0.4, -0.2) is 50.8 Å². The van der Waals surface area contributed by atoms with E-state index >= 15 is 0 Å². The summed E-state index contributed by atoms with van der Waals surface area (Å²) in [5, 5.41) is 3.50. The Bertz CT molecular complexity index is 173. The van der Waals surface area contributed by atoms with Gasteiger partial charge in [-0.05, 0) is 19.5 Å². The van der Waals surface area contributed by atoms with E-state index in [4.69, 9.17) is 4.74 Å². The van der Waals surface area contributed by atoms with Crippen LogP contribution in [-0.2, 0) is 4.74 Å². The molecular weight excluding hydrogens is 188 g/mol. The van der Waals surface area contributed by atoms with Crippen LogP contribution in [0.3, 0.4) is 0 Å². The molecule has 1 saturated heterocycles. The van der Waals surface area contributed by atoms with Crippen LogP contribution in [0, 0.1) is 11.8 Å². The molecule has 0 saturated carbocycles. The first kappa shape index (κ1) is 12.9. The highest BCUT2D eigenvalue weighted by Gasteiger charge is 2.28. The number of ether oxygens (including phenoxy) is 1. The van der Waals surface area contributed by atoms with E-state index in [0.717, 1.165) is 32.2 Å². The van der Waals surface area contributed by atoms with Crippen LogP contribution in [0.15, 0.2) is 0 Å². The standard InChI is InChI=1S/C12H26N2O/c1-5-13-12-9-15-8-11(12)7-14(4)6-10(2)3/h10-13H,5-9H2,1-4H3. The van der Waals surface area contributed by atoms with E-state index in [1.807, 2.05) is 0 Å². The SMILES string of the molecule is CCNC1COCC1CN(C)CC(C)C. The zero-order chi connectivity index (χ0) is 11.3. The van der Waals surface area contributed by atoms with E-state index in [9.17, 15) is 0 Å². The molecule has 2 unspecified atom stereocenters. The fraction of sp³-hybridized carbons (Fsp3) is 1.00. The van der Waals surface area contributed by atoms with Crippen molar-refractivity contribution >= 4 is 0 Å². The fourth-order valence-corrected chi connectivity index (χ4v) is 2.36. The zero-order valence-electron chi connectivity index (χ0n) is 10.6. The van der Waals surface area contributed by atoms with Gasteiger partial charge in [-0.15, -0.1) is 0 Å². The summed E-state index contributed by atoms with van der Waals surface area (Å²) in [4.78, 5) is 2.42. The minimum Gasteiger partial charge on any atom is -0.379 e. The Labute approximate surface area is 94.2 Å². The molecule has 0 bridgehead atoms. The topological polar surface area (TPSA) is 24.5 Å². The van der Waals surface area contributed by atoms with Gasteiger partial charge in [-0.3, -0.25) is 0 Å². The molecule has 90 valence electrons. The molecule has 0 aromatic heterocycles. The van der Waals surface area contributed by atoms with Gasteiger partial charge in [0.05, 0.1) is 13.2 Å². The second-order valence-corrected chi connectivity index (χ2v) is 5.08. The minimum absolute atomic E-state index is 0.560. The second kappa shape index (κ2) is 6.46. The second-order valence-electron chi connectivity index (χ2n) is 5.08. The van der Waals surface area contributed by atoms with Crippen LogP contribution >= 0.6 is 0 Å². The smallest absolute Gasteiger partial charge is 0.0623 e. The summed E-state index contributed by atoms with van der Waals surface area (Å²) in [6.45, 7) is 11.9. The number of nitrogens with one attached hydrogen (secondary N) is 1. The van der Waals surface area contributed by atoms with E-state index in [-0.39, 0.29) is 0 Å². The maximum Gasteiger partial charge on any atom is 0.0623 e. The van der Waals surface area contributed by atoms with Gasteiger partial charge in [0.25, 0.3) is 0 Å². The number of nitrogens with zero attached hydrogens (tertiary/aromatic N) is 1. The van der Waals surface area contributed by atoms with E-state index in [0.29, 0.717) is 12.0 Å². The largest absolute Gasteiger partial charge is 0.379 e. The van der Waals surface area contributed by atoms with Crippen LogP contribution in [0.2, 0.25) is 0 Å². The van der Waals surface area contributed by atoms with Gasteiger partial charge in [0.2, 0.25) is 0 Å². The lowest BCUT2D eigenvalue weighted by molar-refractivity contribution is 0.170. The number of likely N-dealkylation sites (N-methyl/N-ethyl adjacent to an activating group) is 1. The van der Waals surface area contributed by atoms with Crippen molar-refractivity contribution in [1.82, 2.24) is 10.2 Å². The van der Waals surface area contributed by atoms with Crippen LogP contribution in [0.5, 0.6) is 0 Å². The maximum atomic E-state index is 5.54.